The Morgan fingerprint density at radius 3 is 2.76 bits per heavy atom. The minimum absolute atomic E-state index is 0.278. The van der Waals surface area contributed by atoms with Gasteiger partial charge >= 0.3 is 0 Å². The van der Waals surface area contributed by atoms with Crippen LogP contribution in [-0.4, -0.2) is 21.1 Å². The van der Waals surface area contributed by atoms with E-state index in [1.807, 2.05) is 6.92 Å². The zero-order valence-corrected chi connectivity index (χ0v) is 9.61. The average Bonchev–Trinajstić information content (AvgIpc) is 2.61. The number of nitrogens with zero attached hydrogens (tertiary/aromatic N) is 2. The van der Waals surface area contributed by atoms with Crippen LogP contribution in [-0.2, 0) is 0 Å². The Bertz CT molecular complexity index is 561. The summed E-state index contributed by atoms with van der Waals surface area (Å²) in [5, 5.41) is 9.23. The standard InChI is InChI=1S/C11H13N5O/c1-6-3-8(5-13-4-6)11(17)14-10-9(12)7(2)15-16-10/h3-5H,12H2,1-2H3,(H2,14,15,16,17). The predicted molar refractivity (Wildman–Crippen MR) is 64.7 cm³/mol. The van der Waals surface area contributed by atoms with Gasteiger partial charge in [-0.2, -0.15) is 5.10 Å². The van der Waals surface area contributed by atoms with Crippen LogP contribution in [0.2, 0.25) is 0 Å². The predicted octanol–water partition coefficient (Wildman–Crippen LogP) is 1.26. The Kier molecular flexibility index (Phi) is 2.78. The first-order valence-corrected chi connectivity index (χ1v) is 5.11. The number of carbonyl (C=O) groups excluding carboxylic acids is 1. The third kappa shape index (κ3) is 2.25. The van der Waals surface area contributed by atoms with Gasteiger partial charge in [-0.3, -0.25) is 14.9 Å². The molecule has 2 rings (SSSR count). The molecule has 6 nitrogen and oxygen atoms in total. The molecule has 17 heavy (non-hydrogen) atoms. The van der Waals surface area contributed by atoms with Crippen molar-refractivity contribution >= 4 is 17.4 Å². The molecule has 0 saturated heterocycles. The maximum atomic E-state index is 11.9. The van der Waals surface area contributed by atoms with Gasteiger partial charge in [-0.25, -0.2) is 0 Å². The van der Waals surface area contributed by atoms with E-state index in [1.165, 1.54) is 6.20 Å². The van der Waals surface area contributed by atoms with Crippen LogP contribution in [0.5, 0.6) is 0 Å². The number of amides is 1. The second kappa shape index (κ2) is 4.25. The number of aryl methyl sites for hydroxylation is 2. The van der Waals surface area contributed by atoms with Crippen molar-refractivity contribution < 1.29 is 4.79 Å². The number of nitrogen functional groups attached to an aromatic ring is 1. The molecule has 0 aromatic carbocycles. The molecule has 0 fully saturated rings. The van der Waals surface area contributed by atoms with Gasteiger partial charge in [0.2, 0.25) is 0 Å². The summed E-state index contributed by atoms with van der Waals surface area (Å²) in [7, 11) is 0. The Labute approximate surface area is 98.3 Å². The summed E-state index contributed by atoms with van der Waals surface area (Å²) in [6.45, 7) is 3.66. The van der Waals surface area contributed by atoms with Crippen LogP contribution >= 0.6 is 0 Å². The highest BCUT2D eigenvalue weighted by molar-refractivity contribution is 6.05. The fraction of sp³-hybridized carbons (Fsp3) is 0.182. The highest BCUT2D eigenvalue weighted by atomic mass is 16.1. The Morgan fingerprint density at radius 2 is 2.18 bits per heavy atom. The number of pyridine rings is 1. The Hall–Kier alpha value is -2.37. The van der Waals surface area contributed by atoms with Crippen LogP contribution in [0.3, 0.4) is 0 Å². The molecule has 0 spiro atoms. The molecule has 2 aromatic rings. The number of hydrogen-bond donors (Lipinski definition) is 3. The van der Waals surface area contributed by atoms with Gasteiger partial charge in [-0.1, -0.05) is 0 Å². The normalized spacial score (nSPS) is 10.2. The van der Waals surface area contributed by atoms with Gasteiger partial charge in [0.1, 0.15) is 0 Å². The van der Waals surface area contributed by atoms with Crippen molar-refractivity contribution in [3.63, 3.8) is 0 Å². The quantitative estimate of drug-likeness (QED) is 0.724. The van der Waals surface area contributed by atoms with E-state index in [-0.39, 0.29) is 5.91 Å². The van der Waals surface area contributed by atoms with Gasteiger partial charge in [0.05, 0.1) is 16.9 Å². The maximum absolute atomic E-state index is 11.9. The van der Waals surface area contributed by atoms with Crippen LogP contribution in [0, 0.1) is 13.8 Å². The lowest BCUT2D eigenvalue weighted by Crippen LogP contribution is -2.13. The first-order valence-electron chi connectivity index (χ1n) is 5.11. The van der Waals surface area contributed by atoms with Crippen molar-refractivity contribution in [2.45, 2.75) is 13.8 Å². The van der Waals surface area contributed by atoms with Gasteiger partial charge in [0, 0.05) is 12.4 Å². The summed E-state index contributed by atoms with van der Waals surface area (Å²) in [6, 6.07) is 1.75. The highest BCUT2D eigenvalue weighted by Gasteiger charge is 2.12. The fourth-order valence-electron chi connectivity index (χ4n) is 1.39. The lowest BCUT2D eigenvalue weighted by molar-refractivity contribution is 0.102. The molecule has 0 aliphatic rings. The molecular weight excluding hydrogens is 218 g/mol. The first-order chi connectivity index (χ1) is 8.08. The van der Waals surface area contributed by atoms with Crippen molar-refractivity contribution in [1.29, 1.82) is 0 Å². The van der Waals surface area contributed by atoms with Gasteiger partial charge in [-0.15, -0.1) is 0 Å². The van der Waals surface area contributed by atoms with Crippen molar-refractivity contribution in [1.82, 2.24) is 15.2 Å². The minimum Gasteiger partial charge on any atom is -0.394 e. The van der Waals surface area contributed by atoms with E-state index >= 15 is 0 Å². The number of nitrogens with one attached hydrogen (secondary N) is 2. The summed E-state index contributed by atoms with van der Waals surface area (Å²) >= 11 is 0. The summed E-state index contributed by atoms with van der Waals surface area (Å²) in [5.74, 6) is 0.0633. The summed E-state index contributed by atoms with van der Waals surface area (Å²) in [4.78, 5) is 15.8. The maximum Gasteiger partial charge on any atom is 0.258 e. The van der Waals surface area contributed by atoms with E-state index in [0.717, 1.165) is 11.3 Å². The molecule has 0 atom stereocenters. The monoisotopic (exact) mass is 231 g/mol. The lowest BCUT2D eigenvalue weighted by Gasteiger charge is -2.03. The van der Waals surface area contributed by atoms with Crippen LogP contribution in [0.4, 0.5) is 11.5 Å². The molecule has 1 amide bonds. The smallest absolute Gasteiger partial charge is 0.258 e. The number of H-pyrrole nitrogens is 1. The number of aromatic amines is 1. The summed E-state index contributed by atoms with van der Waals surface area (Å²) < 4.78 is 0. The minimum atomic E-state index is -0.278. The van der Waals surface area contributed by atoms with Gasteiger partial charge in [-0.05, 0) is 25.5 Å². The van der Waals surface area contributed by atoms with Gasteiger partial charge < -0.3 is 11.1 Å². The van der Waals surface area contributed by atoms with E-state index in [0.29, 0.717) is 17.1 Å². The van der Waals surface area contributed by atoms with Crippen LogP contribution in [0.25, 0.3) is 0 Å². The van der Waals surface area contributed by atoms with Crippen LogP contribution in [0.1, 0.15) is 21.6 Å². The van der Waals surface area contributed by atoms with Gasteiger partial charge in [0.15, 0.2) is 5.82 Å². The molecule has 88 valence electrons. The number of anilines is 2. The molecule has 0 aliphatic heterocycles. The van der Waals surface area contributed by atoms with E-state index in [1.54, 1.807) is 19.2 Å². The highest BCUT2D eigenvalue weighted by Crippen LogP contribution is 2.18. The van der Waals surface area contributed by atoms with Crippen LogP contribution < -0.4 is 11.1 Å². The van der Waals surface area contributed by atoms with E-state index < -0.39 is 0 Å². The molecule has 0 radical (unpaired) electrons. The number of carbonyl (C=O) groups is 1. The number of rotatable bonds is 2. The molecule has 4 N–H and O–H groups in total. The number of aromatic nitrogens is 3. The van der Waals surface area contributed by atoms with Crippen molar-refractivity contribution in [3.8, 4) is 0 Å². The third-order valence-corrected chi connectivity index (χ3v) is 2.36. The molecule has 2 heterocycles. The second-order valence-electron chi connectivity index (χ2n) is 3.82. The molecule has 0 unspecified atom stereocenters. The fourth-order valence-corrected chi connectivity index (χ4v) is 1.39. The zero-order chi connectivity index (χ0) is 12.4. The van der Waals surface area contributed by atoms with Crippen LogP contribution in [0.15, 0.2) is 18.5 Å². The SMILES string of the molecule is Cc1cncc(C(=O)Nc2n[nH]c(C)c2N)c1. The first kappa shape index (κ1) is 11.1. The summed E-state index contributed by atoms with van der Waals surface area (Å²) in [5.41, 5.74) is 8.30. The molecule has 0 saturated carbocycles. The molecule has 6 heteroatoms. The number of nitrogens with two attached hydrogens (primary N) is 1. The van der Waals surface area contributed by atoms with E-state index in [9.17, 15) is 4.79 Å². The number of hydrogen-bond acceptors (Lipinski definition) is 4. The largest absolute Gasteiger partial charge is 0.394 e. The molecular formula is C11H13N5O. The van der Waals surface area contributed by atoms with Gasteiger partial charge in [0.25, 0.3) is 5.91 Å². The van der Waals surface area contributed by atoms with Crippen molar-refractivity contribution in [2.75, 3.05) is 11.1 Å². The lowest BCUT2D eigenvalue weighted by atomic mass is 10.2. The second-order valence-corrected chi connectivity index (χ2v) is 3.82. The summed E-state index contributed by atoms with van der Waals surface area (Å²) in [6.07, 6.45) is 3.18. The third-order valence-electron chi connectivity index (χ3n) is 2.36. The average molecular weight is 231 g/mol. The molecule has 0 bridgehead atoms. The van der Waals surface area contributed by atoms with Crippen molar-refractivity contribution in [2.24, 2.45) is 0 Å². The molecule has 2 aromatic heterocycles. The van der Waals surface area contributed by atoms with E-state index in [4.69, 9.17) is 5.73 Å². The Balaban J connectivity index is 2.20. The molecule has 0 aliphatic carbocycles. The Morgan fingerprint density at radius 1 is 1.41 bits per heavy atom. The topological polar surface area (TPSA) is 96.7 Å². The zero-order valence-electron chi connectivity index (χ0n) is 9.61. The van der Waals surface area contributed by atoms with E-state index in [2.05, 4.69) is 20.5 Å². The van der Waals surface area contributed by atoms with Crippen molar-refractivity contribution in [3.05, 3.63) is 35.3 Å².